The summed E-state index contributed by atoms with van der Waals surface area (Å²) in [7, 11) is 0. The topological polar surface area (TPSA) is 58.3 Å². The number of hydrogen-bond acceptors (Lipinski definition) is 6. The van der Waals surface area contributed by atoms with Crippen LogP contribution in [0.4, 0.5) is 5.13 Å². The summed E-state index contributed by atoms with van der Waals surface area (Å²) >= 11 is 1.71. The zero-order valence-corrected chi connectivity index (χ0v) is 12.2. The molecule has 1 aliphatic rings. The van der Waals surface area contributed by atoms with Gasteiger partial charge in [0, 0.05) is 57.0 Å². The van der Waals surface area contributed by atoms with Gasteiger partial charge in [0.1, 0.15) is 0 Å². The molecule has 0 bridgehead atoms. The second kappa shape index (κ2) is 6.30. The molecule has 0 radical (unpaired) electrons. The van der Waals surface area contributed by atoms with Crippen molar-refractivity contribution in [3.63, 3.8) is 0 Å². The van der Waals surface area contributed by atoms with E-state index >= 15 is 0 Å². The van der Waals surface area contributed by atoms with Gasteiger partial charge >= 0.3 is 0 Å². The molecule has 106 valence electrons. The highest BCUT2D eigenvalue weighted by Crippen LogP contribution is 2.19. The smallest absolute Gasteiger partial charge is 0.185 e. The molecule has 3 rings (SSSR count). The Morgan fingerprint density at radius 1 is 1.15 bits per heavy atom. The molecule has 20 heavy (non-hydrogen) atoms. The predicted molar refractivity (Wildman–Crippen MR) is 81.7 cm³/mol. The third kappa shape index (κ3) is 2.98. The van der Waals surface area contributed by atoms with Crippen molar-refractivity contribution in [3.8, 4) is 0 Å². The summed E-state index contributed by atoms with van der Waals surface area (Å²) in [5, 5.41) is 3.17. The van der Waals surface area contributed by atoms with E-state index in [0.717, 1.165) is 43.5 Å². The molecular weight excluding hydrogens is 270 g/mol. The van der Waals surface area contributed by atoms with Crippen LogP contribution in [0, 0.1) is 0 Å². The van der Waals surface area contributed by atoms with Crippen LogP contribution in [0.25, 0.3) is 0 Å². The molecular formula is C14H19N5S. The molecule has 1 aliphatic heterocycles. The van der Waals surface area contributed by atoms with Crippen molar-refractivity contribution in [1.29, 1.82) is 0 Å². The maximum Gasteiger partial charge on any atom is 0.185 e. The first-order valence-electron chi connectivity index (χ1n) is 6.86. The molecule has 0 aliphatic carbocycles. The molecule has 1 saturated heterocycles. The fraction of sp³-hybridized carbons (Fsp3) is 0.429. The van der Waals surface area contributed by atoms with E-state index in [9.17, 15) is 0 Å². The third-order valence-electron chi connectivity index (χ3n) is 3.63. The Morgan fingerprint density at radius 2 is 2.00 bits per heavy atom. The molecule has 0 saturated carbocycles. The second-order valence-corrected chi connectivity index (χ2v) is 5.76. The van der Waals surface area contributed by atoms with Gasteiger partial charge < -0.3 is 10.6 Å². The Balaban J connectivity index is 1.58. The van der Waals surface area contributed by atoms with Gasteiger partial charge in [0.25, 0.3) is 0 Å². The van der Waals surface area contributed by atoms with Gasteiger partial charge in [-0.3, -0.25) is 9.88 Å². The normalized spacial score (nSPS) is 16.6. The largest absolute Gasteiger partial charge is 0.346 e. The summed E-state index contributed by atoms with van der Waals surface area (Å²) in [6.45, 7) is 5.62. The minimum absolute atomic E-state index is 0.509. The van der Waals surface area contributed by atoms with Crippen molar-refractivity contribution >= 4 is 16.5 Å². The summed E-state index contributed by atoms with van der Waals surface area (Å²) in [4.78, 5) is 13.5. The number of anilines is 1. The van der Waals surface area contributed by atoms with Crippen LogP contribution in [-0.2, 0) is 13.1 Å². The van der Waals surface area contributed by atoms with Crippen LogP contribution < -0.4 is 10.6 Å². The first-order chi connectivity index (χ1) is 9.86. The molecule has 1 fully saturated rings. The van der Waals surface area contributed by atoms with Crippen molar-refractivity contribution < 1.29 is 0 Å². The van der Waals surface area contributed by atoms with Crippen molar-refractivity contribution in [3.05, 3.63) is 41.2 Å². The summed E-state index contributed by atoms with van der Waals surface area (Å²) in [5.41, 5.74) is 8.00. The predicted octanol–water partition coefficient (Wildman–Crippen LogP) is 1.32. The number of thiazole rings is 1. The van der Waals surface area contributed by atoms with E-state index in [4.69, 9.17) is 5.73 Å². The number of hydrogen-bond donors (Lipinski definition) is 1. The molecule has 2 aromatic heterocycles. The van der Waals surface area contributed by atoms with E-state index in [1.54, 1.807) is 11.3 Å². The average molecular weight is 289 g/mol. The summed E-state index contributed by atoms with van der Waals surface area (Å²) < 4.78 is 0. The standard InChI is InChI=1S/C14H19N5S/c15-10-13-12(2-1-3-16-13)11-18-5-7-19(8-6-18)14-17-4-9-20-14/h1-4,9H,5-8,10-11,15H2. The molecule has 5 nitrogen and oxygen atoms in total. The molecule has 6 heteroatoms. The van der Waals surface area contributed by atoms with Crippen LogP contribution in [0.3, 0.4) is 0 Å². The molecule has 2 aromatic rings. The maximum atomic E-state index is 5.75. The zero-order valence-electron chi connectivity index (χ0n) is 11.4. The van der Waals surface area contributed by atoms with E-state index in [1.807, 2.05) is 23.8 Å². The van der Waals surface area contributed by atoms with Gasteiger partial charge in [-0.1, -0.05) is 6.07 Å². The maximum absolute atomic E-state index is 5.75. The first kappa shape index (κ1) is 13.5. The molecule has 0 aromatic carbocycles. The highest BCUT2D eigenvalue weighted by atomic mass is 32.1. The van der Waals surface area contributed by atoms with Gasteiger partial charge in [0.05, 0.1) is 5.69 Å². The van der Waals surface area contributed by atoms with Crippen molar-refractivity contribution in [2.45, 2.75) is 13.1 Å². The molecule has 0 amide bonds. The van der Waals surface area contributed by atoms with Gasteiger partial charge in [-0.2, -0.15) is 0 Å². The number of aromatic nitrogens is 2. The van der Waals surface area contributed by atoms with Crippen LogP contribution in [0.1, 0.15) is 11.3 Å². The lowest BCUT2D eigenvalue weighted by atomic mass is 10.1. The van der Waals surface area contributed by atoms with Crippen LogP contribution >= 0.6 is 11.3 Å². The minimum atomic E-state index is 0.509. The average Bonchev–Trinajstić information content (AvgIpc) is 3.03. The van der Waals surface area contributed by atoms with Gasteiger partial charge in [-0.05, 0) is 11.6 Å². The summed E-state index contributed by atoms with van der Waals surface area (Å²) in [6.07, 6.45) is 3.68. The van der Waals surface area contributed by atoms with Crippen molar-refractivity contribution in [2.75, 3.05) is 31.1 Å². The molecule has 0 atom stereocenters. The Bertz CT molecular complexity index is 534. The van der Waals surface area contributed by atoms with Crippen molar-refractivity contribution in [1.82, 2.24) is 14.9 Å². The fourth-order valence-corrected chi connectivity index (χ4v) is 3.21. The SMILES string of the molecule is NCc1ncccc1CN1CCN(c2nccs2)CC1. The number of pyridine rings is 1. The Labute approximate surface area is 123 Å². The fourth-order valence-electron chi connectivity index (χ4n) is 2.51. The Kier molecular flexibility index (Phi) is 4.25. The number of nitrogens with two attached hydrogens (primary N) is 1. The quantitative estimate of drug-likeness (QED) is 0.920. The molecule has 0 unspecified atom stereocenters. The molecule has 3 heterocycles. The van der Waals surface area contributed by atoms with E-state index in [1.165, 1.54) is 5.56 Å². The van der Waals surface area contributed by atoms with Crippen molar-refractivity contribution in [2.24, 2.45) is 5.73 Å². The van der Waals surface area contributed by atoms with Crippen LogP contribution in [0.15, 0.2) is 29.9 Å². The lowest BCUT2D eigenvalue weighted by Crippen LogP contribution is -2.46. The van der Waals surface area contributed by atoms with E-state index in [0.29, 0.717) is 6.54 Å². The Hall–Kier alpha value is -1.50. The summed E-state index contributed by atoms with van der Waals surface area (Å²) in [5.74, 6) is 0. The van der Waals surface area contributed by atoms with Gasteiger partial charge in [-0.15, -0.1) is 11.3 Å². The van der Waals surface area contributed by atoms with E-state index < -0.39 is 0 Å². The van der Waals surface area contributed by atoms with Crippen LogP contribution in [0.5, 0.6) is 0 Å². The first-order valence-corrected chi connectivity index (χ1v) is 7.74. The second-order valence-electron chi connectivity index (χ2n) is 4.89. The van der Waals surface area contributed by atoms with E-state index in [-0.39, 0.29) is 0 Å². The highest BCUT2D eigenvalue weighted by molar-refractivity contribution is 7.13. The van der Waals surface area contributed by atoms with Crippen LogP contribution in [0.2, 0.25) is 0 Å². The zero-order chi connectivity index (χ0) is 13.8. The number of piperazine rings is 1. The molecule has 0 spiro atoms. The Morgan fingerprint density at radius 3 is 2.70 bits per heavy atom. The summed E-state index contributed by atoms with van der Waals surface area (Å²) in [6, 6.07) is 4.11. The number of nitrogens with zero attached hydrogens (tertiary/aromatic N) is 4. The minimum Gasteiger partial charge on any atom is -0.346 e. The van der Waals surface area contributed by atoms with Gasteiger partial charge in [0.15, 0.2) is 5.13 Å². The van der Waals surface area contributed by atoms with E-state index in [2.05, 4.69) is 25.8 Å². The van der Waals surface area contributed by atoms with Gasteiger partial charge in [0.2, 0.25) is 0 Å². The highest BCUT2D eigenvalue weighted by Gasteiger charge is 2.19. The van der Waals surface area contributed by atoms with Crippen LogP contribution in [-0.4, -0.2) is 41.0 Å². The van der Waals surface area contributed by atoms with Gasteiger partial charge in [-0.25, -0.2) is 4.98 Å². The third-order valence-corrected chi connectivity index (χ3v) is 4.47. The monoisotopic (exact) mass is 289 g/mol. The molecule has 2 N–H and O–H groups in total. The number of rotatable bonds is 4. The lowest BCUT2D eigenvalue weighted by molar-refractivity contribution is 0.249. The lowest BCUT2D eigenvalue weighted by Gasteiger charge is -2.34.